The third kappa shape index (κ3) is 5.76. The highest BCUT2D eigenvalue weighted by Crippen LogP contribution is 2.55. The standard InChI is InChI=1S/C42H31N3/c1-45(2)36-25-23-30(24-26-36)37(35(28-43)29-44)27-38-39(31-15-7-3-8-16-31)41(33-19-11-5-12-20-33)42(34-21-13-6-14-22-34)40(38)32-17-9-4-10-18-32/h3-27H,1-2H3. The third-order valence-electron chi connectivity index (χ3n) is 8.01. The molecule has 45 heavy (non-hydrogen) atoms. The Morgan fingerprint density at radius 3 is 1.18 bits per heavy atom. The van der Waals surface area contributed by atoms with Gasteiger partial charge in [0.05, 0.1) is 0 Å². The molecule has 0 saturated heterocycles. The van der Waals surface area contributed by atoms with Gasteiger partial charge in [0.25, 0.3) is 0 Å². The van der Waals surface area contributed by atoms with E-state index in [-0.39, 0.29) is 5.57 Å². The van der Waals surface area contributed by atoms with Gasteiger partial charge in [-0.3, -0.25) is 0 Å². The van der Waals surface area contributed by atoms with Gasteiger partial charge in [-0.2, -0.15) is 10.5 Å². The highest BCUT2D eigenvalue weighted by Gasteiger charge is 2.33. The van der Waals surface area contributed by atoms with E-state index in [1.807, 2.05) is 67.5 Å². The van der Waals surface area contributed by atoms with Crippen LogP contribution in [-0.2, 0) is 0 Å². The summed E-state index contributed by atoms with van der Waals surface area (Å²) >= 11 is 0. The first kappa shape index (κ1) is 28.9. The summed E-state index contributed by atoms with van der Waals surface area (Å²) in [5.74, 6) is 0. The SMILES string of the molecule is CN(C)c1ccc(C(C=C2C(c3ccccc3)=C(c3ccccc3)C(c3ccccc3)=C2c2ccccc2)=C(C#N)C#N)cc1. The lowest BCUT2D eigenvalue weighted by Gasteiger charge is -2.16. The summed E-state index contributed by atoms with van der Waals surface area (Å²) in [7, 11) is 3.98. The number of hydrogen-bond donors (Lipinski definition) is 0. The molecule has 6 rings (SSSR count). The van der Waals surface area contributed by atoms with Crippen molar-refractivity contribution in [2.24, 2.45) is 0 Å². The first-order valence-corrected chi connectivity index (χ1v) is 14.9. The number of nitrogens with zero attached hydrogens (tertiary/aromatic N) is 3. The third-order valence-corrected chi connectivity index (χ3v) is 8.01. The molecule has 0 atom stereocenters. The minimum Gasteiger partial charge on any atom is -0.378 e. The van der Waals surface area contributed by atoms with Crippen molar-refractivity contribution in [1.82, 2.24) is 0 Å². The molecule has 3 heteroatoms. The van der Waals surface area contributed by atoms with Crippen LogP contribution in [-0.4, -0.2) is 14.1 Å². The lowest BCUT2D eigenvalue weighted by Crippen LogP contribution is -2.08. The van der Waals surface area contributed by atoms with Crippen LogP contribution in [0.15, 0.2) is 163 Å². The van der Waals surface area contributed by atoms with Gasteiger partial charge in [-0.25, -0.2) is 0 Å². The normalized spacial score (nSPS) is 12.4. The minimum atomic E-state index is 0.0642. The zero-order valence-corrected chi connectivity index (χ0v) is 25.3. The van der Waals surface area contributed by atoms with Crippen molar-refractivity contribution in [2.75, 3.05) is 19.0 Å². The van der Waals surface area contributed by atoms with Crippen molar-refractivity contribution in [1.29, 1.82) is 10.5 Å². The van der Waals surface area contributed by atoms with Crippen LogP contribution >= 0.6 is 0 Å². The van der Waals surface area contributed by atoms with E-state index in [2.05, 4.69) is 115 Å². The minimum absolute atomic E-state index is 0.0642. The Kier molecular flexibility index (Phi) is 8.36. The average Bonchev–Trinajstić information content (AvgIpc) is 3.44. The van der Waals surface area contributed by atoms with Crippen LogP contribution < -0.4 is 4.90 Å². The van der Waals surface area contributed by atoms with E-state index in [4.69, 9.17) is 0 Å². The smallest absolute Gasteiger partial charge is 0.137 e. The highest BCUT2D eigenvalue weighted by molar-refractivity contribution is 6.35. The van der Waals surface area contributed by atoms with Crippen molar-refractivity contribution in [3.8, 4) is 12.1 Å². The van der Waals surface area contributed by atoms with Crippen LogP contribution in [0.3, 0.4) is 0 Å². The molecular formula is C42H31N3. The van der Waals surface area contributed by atoms with Gasteiger partial charge in [0.1, 0.15) is 17.7 Å². The number of hydrogen-bond acceptors (Lipinski definition) is 3. The molecule has 214 valence electrons. The molecule has 1 aliphatic rings. The Bertz CT molecular complexity index is 1920. The molecule has 0 amide bonds. The Hall–Kier alpha value is -6.16. The van der Waals surface area contributed by atoms with Crippen LogP contribution in [0.4, 0.5) is 5.69 Å². The predicted octanol–water partition coefficient (Wildman–Crippen LogP) is 9.72. The molecule has 3 nitrogen and oxygen atoms in total. The molecule has 0 aliphatic heterocycles. The quantitative estimate of drug-likeness (QED) is 0.181. The van der Waals surface area contributed by atoms with E-state index in [1.54, 1.807) is 0 Å². The zero-order valence-electron chi connectivity index (χ0n) is 25.3. The van der Waals surface area contributed by atoms with Gasteiger partial charge in [0.2, 0.25) is 0 Å². The number of anilines is 1. The molecule has 0 spiro atoms. The number of nitriles is 2. The van der Waals surface area contributed by atoms with Crippen molar-refractivity contribution in [3.63, 3.8) is 0 Å². The maximum atomic E-state index is 10.2. The van der Waals surface area contributed by atoms with Crippen LogP contribution in [0, 0.1) is 22.7 Å². The van der Waals surface area contributed by atoms with E-state index in [0.29, 0.717) is 5.57 Å². The summed E-state index contributed by atoms with van der Waals surface area (Å²) in [6.45, 7) is 0. The van der Waals surface area contributed by atoms with Gasteiger partial charge >= 0.3 is 0 Å². The summed E-state index contributed by atoms with van der Waals surface area (Å²) in [5, 5.41) is 20.4. The number of rotatable bonds is 7. The van der Waals surface area contributed by atoms with Crippen molar-refractivity contribution >= 4 is 33.6 Å². The predicted molar refractivity (Wildman–Crippen MR) is 186 cm³/mol. The first-order chi connectivity index (χ1) is 22.1. The monoisotopic (exact) mass is 577 g/mol. The molecule has 0 radical (unpaired) electrons. The van der Waals surface area contributed by atoms with Gasteiger partial charge < -0.3 is 4.90 Å². The van der Waals surface area contributed by atoms with E-state index in [9.17, 15) is 10.5 Å². The molecule has 5 aromatic rings. The van der Waals surface area contributed by atoms with Crippen LogP contribution in [0.5, 0.6) is 0 Å². The Balaban J connectivity index is 1.78. The molecule has 0 fully saturated rings. The summed E-state index contributed by atoms with van der Waals surface area (Å²) in [6.07, 6.45) is 2.05. The Labute approximate surface area is 265 Å². The zero-order chi connectivity index (χ0) is 31.2. The van der Waals surface area contributed by atoms with Gasteiger partial charge in [0.15, 0.2) is 0 Å². The molecule has 0 saturated carbocycles. The molecule has 0 bridgehead atoms. The van der Waals surface area contributed by atoms with Crippen LogP contribution in [0.1, 0.15) is 27.8 Å². The lowest BCUT2D eigenvalue weighted by atomic mass is 9.87. The largest absolute Gasteiger partial charge is 0.378 e. The topological polar surface area (TPSA) is 50.8 Å². The fourth-order valence-corrected chi connectivity index (χ4v) is 5.91. The fraction of sp³-hybridized carbons (Fsp3) is 0.0476. The second-order valence-electron chi connectivity index (χ2n) is 11.0. The molecule has 0 aromatic heterocycles. The lowest BCUT2D eigenvalue weighted by molar-refractivity contribution is 1.13. The fourth-order valence-electron chi connectivity index (χ4n) is 5.91. The van der Waals surface area contributed by atoms with E-state index in [0.717, 1.165) is 61.4 Å². The van der Waals surface area contributed by atoms with E-state index in [1.165, 1.54) is 0 Å². The second kappa shape index (κ2) is 13.0. The maximum absolute atomic E-state index is 10.2. The van der Waals surface area contributed by atoms with Crippen molar-refractivity contribution in [3.05, 3.63) is 191 Å². The number of benzene rings is 5. The number of allylic oxidation sites excluding steroid dienone is 8. The van der Waals surface area contributed by atoms with Gasteiger partial charge in [-0.15, -0.1) is 0 Å². The molecule has 0 N–H and O–H groups in total. The van der Waals surface area contributed by atoms with Crippen molar-refractivity contribution in [2.45, 2.75) is 0 Å². The maximum Gasteiger partial charge on any atom is 0.137 e. The Morgan fingerprint density at radius 2 is 0.844 bits per heavy atom. The molecule has 0 heterocycles. The Morgan fingerprint density at radius 1 is 0.489 bits per heavy atom. The van der Waals surface area contributed by atoms with Crippen LogP contribution in [0.25, 0.3) is 27.9 Å². The summed E-state index contributed by atoms with van der Waals surface area (Å²) in [6, 6.07) is 54.1. The molecular weight excluding hydrogens is 546 g/mol. The summed E-state index contributed by atoms with van der Waals surface area (Å²) in [4.78, 5) is 2.03. The summed E-state index contributed by atoms with van der Waals surface area (Å²) in [5.41, 5.74) is 12.1. The molecule has 5 aromatic carbocycles. The van der Waals surface area contributed by atoms with Crippen molar-refractivity contribution < 1.29 is 0 Å². The van der Waals surface area contributed by atoms with Gasteiger partial charge in [-0.1, -0.05) is 133 Å². The first-order valence-electron chi connectivity index (χ1n) is 14.9. The van der Waals surface area contributed by atoms with E-state index < -0.39 is 0 Å². The average molecular weight is 578 g/mol. The van der Waals surface area contributed by atoms with Gasteiger partial charge in [0, 0.05) is 25.4 Å². The highest BCUT2D eigenvalue weighted by atomic mass is 15.1. The molecule has 1 aliphatic carbocycles. The van der Waals surface area contributed by atoms with Crippen LogP contribution in [0.2, 0.25) is 0 Å². The second-order valence-corrected chi connectivity index (χ2v) is 11.0. The van der Waals surface area contributed by atoms with Gasteiger partial charge in [-0.05, 0) is 73.9 Å². The van der Waals surface area contributed by atoms with E-state index >= 15 is 0 Å². The molecule has 0 unspecified atom stereocenters. The summed E-state index contributed by atoms with van der Waals surface area (Å²) < 4.78 is 0.